The number of hydrogen-bond donors (Lipinski definition) is 1. The summed E-state index contributed by atoms with van der Waals surface area (Å²) in [6.45, 7) is 2.30. The van der Waals surface area contributed by atoms with Crippen molar-refractivity contribution in [1.29, 1.82) is 0 Å². The molecule has 4 aromatic rings. The Morgan fingerprint density at radius 3 is 2.44 bits per heavy atom. The number of benzene rings is 3. The number of aromatic nitrogens is 1. The van der Waals surface area contributed by atoms with Crippen LogP contribution in [0.25, 0.3) is 22.2 Å². The van der Waals surface area contributed by atoms with E-state index >= 15 is 0 Å². The van der Waals surface area contributed by atoms with Crippen LogP contribution in [0.3, 0.4) is 0 Å². The number of rotatable bonds is 6. The van der Waals surface area contributed by atoms with Crippen LogP contribution in [-0.2, 0) is 0 Å². The van der Waals surface area contributed by atoms with Gasteiger partial charge in [0.25, 0.3) is 5.91 Å². The molecule has 0 spiro atoms. The van der Waals surface area contributed by atoms with Crippen LogP contribution in [0.1, 0.15) is 22.8 Å². The Bertz CT molecular complexity index is 1280. The molecule has 3 aromatic carbocycles. The highest BCUT2D eigenvalue weighted by Crippen LogP contribution is 2.33. The monoisotopic (exact) mass is 463 g/mol. The molecule has 1 amide bonds. The molecule has 32 heavy (non-hydrogen) atoms. The van der Waals surface area contributed by atoms with Crippen LogP contribution in [0.4, 0.5) is 0 Å². The van der Waals surface area contributed by atoms with E-state index in [9.17, 15) is 4.79 Å². The highest BCUT2D eigenvalue weighted by molar-refractivity contribution is 6.37. The van der Waals surface area contributed by atoms with Gasteiger partial charge in [-0.05, 0) is 36.8 Å². The smallest absolute Gasteiger partial charge is 0.272 e. The van der Waals surface area contributed by atoms with Gasteiger partial charge in [0.15, 0.2) is 5.75 Å². The van der Waals surface area contributed by atoms with Crippen LogP contribution in [0, 0.1) is 0 Å². The lowest BCUT2D eigenvalue weighted by Gasteiger charge is -2.09. The predicted octanol–water partition coefficient (Wildman–Crippen LogP) is 6.37. The number of para-hydroxylation sites is 1. The van der Waals surface area contributed by atoms with Crippen LogP contribution in [0.5, 0.6) is 5.75 Å². The fraction of sp³-hybridized carbons (Fsp3) is 0.0800. The first-order valence-electron chi connectivity index (χ1n) is 9.97. The number of hydrazone groups is 1. The van der Waals surface area contributed by atoms with Gasteiger partial charge in [-0.2, -0.15) is 5.10 Å². The van der Waals surface area contributed by atoms with Gasteiger partial charge in [-0.3, -0.25) is 4.79 Å². The van der Waals surface area contributed by atoms with Crippen molar-refractivity contribution in [2.24, 2.45) is 5.10 Å². The molecule has 0 radical (unpaired) electrons. The predicted molar refractivity (Wildman–Crippen MR) is 130 cm³/mol. The van der Waals surface area contributed by atoms with Crippen molar-refractivity contribution < 1.29 is 9.53 Å². The molecule has 0 saturated heterocycles. The van der Waals surface area contributed by atoms with Crippen LogP contribution >= 0.6 is 23.2 Å². The van der Waals surface area contributed by atoms with E-state index in [4.69, 9.17) is 32.9 Å². The van der Waals surface area contributed by atoms with Crippen LogP contribution < -0.4 is 10.2 Å². The van der Waals surface area contributed by atoms with Gasteiger partial charge in [0.1, 0.15) is 0 Å². The molecule has 1 N–H and O–H groups in total. The molecule has 0 fully saturated rings. The Balaban J connectivity index is 1.62. The van der Waals surface area contributed by atoms with Crippen molar-refractivity contribution in [3.8, 4) is 17.0 Å². The van der Waals surface area contributed by atoms with Gasteiger partial charge in [0.2, 0.25) is 0 Å². The molecular formula is C25H19Cl2N3O2. The topological polar surface area (TPSA) is 63.6 Å². The molecule has 4 rings (SSSR count). The molecule has 1 aromatic heterocycles. The number of fused-ring (bicyclic) bond motifs is 1. The molecule has 0 unspecified atom stereocenters. The summed E-state index contributed by atoms with van der Waals surface area (Å²) in [5.74, 6) is 0.0777. The fourth-order valence-electron chi connectivity index (χ4n) is 3.28. The maximum absolute atomic E-state index is 13.0. The van der Waals surface area contributed by atoms with Crippen molar-refractivity contribution in [2.45, 2.75) is 6.92 Å². The summed E-state index contributed by atoms with van der Waals surface area (Å²) in [6.07, 6.45) is 1.48. The summed E-state index contributed by atoms with van der Waals surface area (Å²) in [7, 11) is 0. The first kappa shape index (κ1) is 21.8. The van der Waals surface area contributed by atoms with Gasteiger partial charge in [-0.25, -0.2) is 10.4 Å². The second kappa shape index (κ2) is 9.81. The van der Waals surface area contributed by atoms with Crippen molar-refractivity contribution in [3.63, 3.8) is 0 Å². The third kappa shape index (κ3) is 4.74. The van der Waals surface area contributed by atoms with E-state index in [-0.39, 0.29) is 5.91 Å². The molecule has 0 saturated carbocycles. The molecule has 0 aliphatic carbocycles. The zero-order valence-corrected chi connectivity index (χ0v) is 18.7. The van der Waals surface area contributed by atoms with Gasteiger partial charge in [-0.1, -0.05) is 71.7 Å². The minimum Gasteiger partial charge on any atom is -0.491 e. The molecule has 0 aliphatic rings. The minimum atomic E-state index is -0.347. The highest BCUT2D eigenvalue weighted by atomic mass is 35.5. The third-order valence-electron chi connectivity index (χ3n) is 4.72. The number of carbonyl (C=O) groups is 1. The first-order valence-corrected chi connectivity index (χ1v) is 10.7. The Kier molecular flexibility index (Phi) is 6.69. The Morgan fingerprint density at radius 1 is 1.03 bits per heavy atom. The molecule has 5 nitrogen and oxygen atoms in total. The molecule has 0 atom stereocenters. The van der Waals surface area contributed by atoms with E-state index in [2.05, 4.69) is 10.5 Å². The Hall–Kier alpha value is -3.41. The summed E-state index contributed by atoms with van der Waals surface area (Å²) in [4.78, 5) is 17.7. The summed E-state index contributed by atoms with van der Waals surface area (Å²) in [5.41, 5.74) is 6.06. The molecule has 160 valence electrons. The van der Waals surface area contributed by atoms with Crippen LogP contribution in [-0.4, -0.2) is 23.7 Å². The minimum absolute atomic E-state index is 0.347. The van der Waals surface area contributed by atoms with Gasteiger partial charge in [0, 0.05) is 10.9 Å². The number of amides is 1. The quantitative estimate of drug-likeness (QED) is 0.266. The number of pyridine rings is 1. The molecule has 0 bridgehead atoms. The van der Waals surface area contributed by atoms with Gasteiger partial charge in [-0.15, -0.1) is 0 Å². The van der Waals surface area contributed by atoms with Gasteiger partial charge >= 0.3 is 0 Å². The number of hydrogen-bond acceptors (Lipinski definition) is 4. The lowest BCUT2D eigenvalue weighted by Crippen LogP contribution is -2.18. The van der Waals surface area contributed by atoms with E-state index < -0.39 is 0 Å². The SMILES string of the molecule is CCOc1c(Cl)cc(/C=N/NC(=O)c2cc(-c3ccccc3)nc3ccccc23)cc1Cl. The van der Waals surface area contributed by atoms with E-state index in [1.165, 1.54) is 6.21 Å². The van der Waals surface area contributed by atoms with Gasteiger partial charge < -0.3 is 4.74 Å². The number of nitrogens with one attached hydrogen (secondary N) is 1. The Labute approximate surface area is 195 Å². The van der Waals surface area contributed by atoms with Crippen molar-refractivity contribution in [3.05, 3.63) is 94.0 Å². The zero-order valence-electron chi connectivity index (χ0n) is 17.2. The van der Waals surface area contributed by atoms with Crippen molar-refractivity contribution in [2.75, 3.05) is 6.61 Å². The molecular weight excluding hydrogens is 445 g/mol. The second-order valence-electron chi connectivity index (χ2n) is 6.88. The number of halogens is 2. The largest absolute Gasteiger partial charge is 0.491 e. The van der Waals surface area contributed by atoms with Gasteiger partial charge in [0.05, 0.1) is 39.6 Å². The van der Waals surface area contributed by atoms with Crippen molar-refractivity contribution in [1.82, 2.24) is 10.4 Å². The zero-order chi connectivity index (χ0) is 22.5. The summed E-state index contributed by atoms with van der Waals surface area (Å²) in [5, 5.41) is 5.57. The van der Waals surface area contributed by atoms with E-state index in [0.717, 1.165) is 16.5 Å². The summed E-state index contributed by atoms with van der Waals surface area (Å²) in [6, 6.07) is 22.3. The number of nitrogens with zero attached hydrogens (tertiary/aromatic N) is 2. The molecule has 1 heterocycles. The highest BCUT2D eigenvalue weighted by Gasteiger charge is 2.14. The summed E-state index contributed by atoms with van der Waals surface area (Å²) < 4.78 is 5.43. The standard InChI is InChI=1S/C25H19Cl2N3O2/c1-2-32-24-20(26)12-16(13-21(24)27)15-28-30-25(31)19-14-23(17-8-4-3-5-9-17)29-22-11-7-6-10-18(19)22/h3-15H,2H2,1H3,(H,30,31)/b28-15+. The maximum atomic E-state index is 13.0. The lowest BCUT2D eigenvalue weighted by atomic mass is 10.0. The third-order valence-corrected chi connectivity index (χ3v) is 5.28. The number of ether oxygens (including phenoxy) is 1. The Morgan fingerprint density at radius 2 is 1.72 bits per heavy atom. The van der Waals surface area contributed by atoms with E-state index in [1.807, 2.05) is 61.5 Å². The van der Waals surface area contributed by atoms with E-state index in [0.29, 0.717) is 39.2 Å². The summed E-state index contributed by atoms with van der Waals surface area (Å²) >= 11 is 12.5. The number of carbonyl (C=O) groups excluding carboxylic acids is 1. The maximum Gasteiger partial charge on any atom is 0.272 e. The second-order valence-corrected chi connectivity index (χ2v) is 7.70. The molecule has 7 heteroatoms. The van der Waals surface area contributed by atoms with E-state index in [1.54, 1.807) is 18.2 Å². The first-order chi connectivity index (χ1) is 15.6. The lowest BCUT2D eigenvalue weighted by molar-refractivity contribution is 0.0956. The van der Waals surface area contributed by atoms with Crippen LogP contribution in [0.2, 0.25) is 10.0 Å². The fourth-order valence-corrected chi connectivity index (χ4v) is 3.90. The average molecular weight is 464 g/mol. The average Bonchev–Trinajstić information content (AvgIpc) is 2.81. The normalized spacial score (nSPS) is 11.1. The van der Waals surface area contributed by atoms with Crippen LogP contribution in [0.15, 0.2) is 77.9 Å². The van der Waals surface area contributed by atoms with Crippen molar-refractivity contribution >= 4 is 46.2 Å². The molecule has 0 aliphatic heterocycles.